The summed E-state index contributed by atoms with van der Waals surface area (Å²) in [5, 5.41) is 49.8. The summed E-state index contributed by atoms with van der Waals surface area (Å²) in [5.74, 6) is -3.43. The highest BCUT2D eigenvalue weighted by Crippen LogP contribution is 2.44. The molecule has 6 saturated heterocycles. The largest absolute Gasteiger partial charge is 0.508 e. The van der Waals surface area contributed by atoms with Gasteiger partial charge in [-0.25, -0.2) is 0 Å². The minimum Gasteiger partial charge on any atom is -0.508 e. The maximum absolute atomic E-state index is 13.3. The lowest BCUT2D eigenvalue weighted by atomic mass is 9.77. The molecule has 0 aromatic heterocycles. The van der Waals surface area contributed by atoms with Crippen molar-refractivity contribution in [1.29, 1.82) is 0 Å². The Labute approximate surface area is 821 Å². The summed E-state index contributed by atoms with van der Waals surface area (Å²) in [4.78, 5) is 202. The van der Waals surface area contributed by atoms with Gasteiger partial charge in [-0.15, -0.1) is 0 Å². The number of carbonyl (C=O) groups is 16. The van der Waals surface area contributed by atoms with E-state index in [1.807, 2.05) is 113 Å². The number of anilines is 4. The van der Waals surface area contributed by atoms with Crippen LogP contribution in [0, 0.1) is 49.4 Å². The van der Waals surface area contributed by atoms with E-state index >= 15 is 0 Å². The second-order valence-electron chi connectivity index (χ2n) is 41.0. The number of amides is 12. The Morgan fingerprint density at radius 2 is 0.475 bits per heavy atom. The smallest absolute Gasteiger partial charge is 0.237 e. The van der Waals surface area contributed by atoms with Gasteiger partial charge in [-0.2, -0.15) is 0 Å². The van der Waals surface area contributed by atoms with Gasteiger partial charge in [0.15, 0.2) is 23.1 Å². The Morgan fingerprint density at radius 1 is 0.255 bits per heavy atom. The number of phenolic OH excluding ortho intramolecular Hbond substituents is 5. The van der Waals surface area contributed by atoms with Gasteiger partial charge < -0.3 is 25.5 Å². The third-order valence-electron chi connectivity index (χ3n) is 25.3. The summed E-state index contributed by atoms with van der Waals surface area (Å²) in [6.45, 7) is 38.8. The van der Waals surface area contributed by atoms with Gasteiger partial charge in [-0.1, -0.05) is 167 Å². The number of benzene rings is 10. The molecule has 6 unspecified atom stereocenters. The summed E-state index contributed by atoms with van der Waals surface area (Å²) in [5.41, 5.74) is 10.9. The van der Waals surface area contributed by atoms with Gasteiger partial charge in [-0.05, 0) is 239 Å². The van der Waals surface area contributed by atoms with Crippen molar-refractivity contribution >= 4 is 117 Å². The van der Waals surface area contributed by atoms with E-state index in [1.54, 1.807) is 225 Å². The lowest BCUT2D eigenvalue weighted by Gasteiger charge is -2.29. The van der Waals surface area contributed by atoms with E-state index in [9.17, 15) is 97.1 Å². The van der Waals surface area contributed by atoms with Crippen LogP contribution in [0.15, 0.2) is 212 Å². The molecule has 0 bridgehead atoms. The normalized spacial score (nSPS) is 18.2. The first-order valence-corrected chi connectivity index (χ1v) is 46.9. The van der Waals surface area contributed by atoms with Gasteiger partial charge in [0.05, 0.1) is 35.8 Å². The molecule has 6 atom stereocenters. The molecule has 141 heavy (non-hydrogen) atoms. The summed E-state index contributed by atoms with van der Waals surface area (Å²) in [7, 11) is 0. The van der Waals surface area contributed by atoms with Crippen LogP contribution in [0.5, 0.6) is 28.7 Å². The molecule has 0 aliphatic carbocycles. The Balaban J connectivity index is 0.000000163. The second-order valence-corrected chi connectivity index (χ2v) is 41.0. The summed E-state index contributed by atoms with van der Waals surface area (Å²) < 4.78 is 0. The summed E-state index contributed by atoms with van der Waals surface area (Å²) in [6.07, 6.45) is 1.46. The van der Waals surface area contributed by atoms with Gasteiger partial charge in [0.2, 0.25) is 70.9 Å². The molecule has 27 heteroatoms. The molecule has 0 radical (unpaired) electrons. The molecule has 16 rings (SSSR count). The van der Waals surface area contributed by atoms with Crippen LogP contribution in [0.25, 0.3) is 0 Å². The molecule has 10 aromatic rings. The lowest BCUT2D eigenvalue weighted by molar-refractivity contribution is -0.141. The predicted octanol–water partition coefficient (Wildman–Crippen LogP) is 18.8. The summed E-state index contributed by atoms with van der Waals surface area (Å²) >= 11 is 0. The second kappa shape index (κ2) is 43.0. The number of aromatic hydroxyl groups is 5. The first-order chi connectivity index (χ1) is 65.9. The highest BCUT2D eigenvalue weighted by molar-refractivity contribution is 6.24. The Hall–Kier alpha value is -15.3. The van der Waals surface area contributed by atoms with E-state index in [0.717, 1.165) is 33.4 Å². The lowest BCUT2D eigenvalue weighted by Crippen LogP contribution is -2.30. The fraction of sp³-hybridized carbons (Fsp3) is 0.333. The van der Waals surface area contributed by atoms with Crippen molar-refractivity contribution in [1.82, 2.24) is 9.80 Å². The molecule has 0 spiro atoms. The van der Waals surface area contributed by atoms with E-state index in [4.69, 9.17) is 5.11 Å². The quantitative estimate of drug-likeness (QED) is 0.0443. The number of rotatable bonds is 16. The minimum absolute atomic E-state index is 0.0837. The van der Waals surface area contributed by atoms with Crippen molar-refractivity contribution in [3.8, 4) is 28.7 Å². The highest BCUT2D eigenvalue weighted by atomic mass is 16.3. The number of imide groups is 6. The highest BCUT2D eigenvalue weighted by Gasteiger charge is 2.43. The number of likely N-dealkylation sites (tertiary alicyclic amines) is 2. The average Bonchev–Trinajstić information content (AvgIpc) is 1.16. The SMILES string of the molecule is CC1CC(=O)N(Cc2cc(C(C)(C)C)c(O)c(C(C)(C)C)c2)C1=O.CC1CC(=O)N(Cc2ccc(O)cc2)C1=O.CC1CC(=O)N(c2ccc(C(=O)c3cc(C(C)(C)C)c(O)c(C(C)(C)C)c3)cc2)C1=O.CC1CC(=O)N(c2ccc(C(=O)c3ccc(O)cc3)cc2)C1=O.CC1CC(=O)N(c2ccc(C(=O)c3ccccc3)cc2)C1=O.Cc1cc(C(=O)c2ccc(N3C(=O)CC(C)C3=O)cc2)cc(C)c1O. The fourth-order valence-electron chi connectivity index (χ4n) is 17.1. The molecule has 12 amide bonds. The Bertz CT molecular complexity index is 6480. The number of carbonyl (C=O) groups excluding carboxylic acids is 16. The fourth-order valence-corrected chi connectivity index (χ4v) is 17.1. The molecule has 0 saturated carbocycles. The van der Waals surface area contributed by atoms with E-state index in [1.165, 1.54) is 41.5 Å². The monoisotopic (exact) mass is 1910 g/mol. The van der Waals surface area contributed by atoms with E-state index in [-0.39, 0.29) is 213 Å². The maximum atomic E-state index is 13.3. The third-order valence-corrected chi connectivity index (χ3v) is 25.3. The van der Waals surface area contributed by atoms with Crippen LogP contribution in [0.1, 0.15) is 271 Å². The molecule has 6 aliphatic rings. The first kappa shape index (κ1) is 106. The van der Waals surface area contributed by atoms with E-state index in [0.29, 0.717) is 97.1 Å². The van der Waals surface area contributed by atoms with Crippen molar-refractivity contribution < 1.29 is 102 Å². The van der Waals surface area contributed by atoms with Crippen molar-refractivity contribution in [3.05, 3.63) is 301 Å². The zero-order valence-corrected chi connectivity index (χ0v) is 83.3. The van der Waals surface area contributed by atoms with Gasteiger partial charge in [-0.3, -0.25) is 106 Å². The van der Waals surface area contributed by atoms with Gasteiger partial charge in [0.25, 0.3) is 0 Å². The number of nitrogens with zero attached hydrogens (tertiary/aromatic N) is 6. The average molecular weight is 1910 g/mol. The molecule has 27 nitrogen and oxygen atoms in total. The van der Waals surface area contributed by atoms with Crippen LogP contribution in [0.2, 0.25) is 0 Å². The van der Waals surface area contributed by atoms with Gasteiger partial charge in [0, 0.05) is 130 Å². The first-order valence-electron chi connectivity index (χ1n) is 46.9. The van der Waals surface area contributed by atoms with Gasteiger partial charge in [0.1, 0.15) is 28.7 Å². The van der Waals surface area contributed by atoms with E-state index < -0.39 is 0 Å². The standard InChI is InChI=1S/C26H31NO4.C20H19NO4.C20H29NO3.C18H15NO4.C18H15NO3.C12H13NO3/c1-15-12-21(28)27(24(15)31)18-10-8-16(9-11-18)22(29)17-13-19(25(2,3)4)23(30)20(14-17)26(5,6)7;1-11-8-15(9-12(2)18(11)23)19(24)14-4-6-16(7-5-14)21-17(22)10-13(3)20(21)25;1-12-8-16(22)21(18(12)24)11-13-9-14(19(2,3)4)17(23)15(10-13)20(5,6)7;1-11-10-16(21)19(18(11)23)14-6-2-12(3-7-14)17(22)13-4-8-15(20)9-5-13;1-12-11-16(20)19(18(12)22)15-9-7-14(8-10-15)17(21)13-5-3-2-4-6-13;1-8-6-11(15)13(12(8)16)7-9-2-4-10(14)5-3-9/h8-11,13-15,30H,12H2,1-7H3;4-9,13,23H,10H2,1-3H3;9-10,12,23H,8,11H2,1-7H3;2-9,11,20H,10H2,1H3;2-10,12H,11H2,1H3;2-5,8,14H,6-7H2,1H3. The molecule has 10 aromatic carbocycles. The number of hydrogen-bond donors (Lipinski definition) is 5. The number of hydrogen-bond acceptors (Lipinski definition) is 21. The molecule has 5 N–H and O–H groups in total. The van der Waals surface area contributed by atoms with Crippen LogP contribution in [0.3, 0.4) is 0 Å². The molecule has 734 valence electrons. The van der Waals surface area contributed by atoms with Crippen molar-refractivity contribution in [2.24, 2.45) is 35.5 Å². The third kappa shape index (κ3) is 24.5. The number of aryl methyl sites for hydroxylation is 2. The number of phenols is 5. The van der Waals surface area contributed by atoms with Gasteiger partial charge >= 0.3 is 0 Å². The summed E-state index contributed by atoms with van der Waals surface area (Å²) in [6, 6.07) is 58.1. The van der Waals surface area contributed by atoms with Crippen molar-refractivity contribution in [3.63, 3.8) is 0 Å². The van der Waals surface area contributed by atoms with Crippen molar-refractivity contribution in [2.75, 3.05) is 19.6 Å². The molecule has 6 aliphatic heterocycles. The van der Waals surface area contributed by atoms with Crippen LogP contribution >= 0.6 is 0 Å². The minimum atomic E-state index is -0.336. The Morgan fingerprint density at radius 3 is 0.723 bits per heavy atom. The molecular weight excluding hydrogens is 1790 g/mol. The zero-order chi connectivity index (χ0) is 104. The van der Waals surface area contributed by atoms with Crippen molar-refractivity contribution in [2.45, 2.75) is 212 Å². The molecule has 6 heterocycles. The zero-order valence-electron chi connectivity index (χ0n) is 83.3. The Kier molecular flexibility index (Phi) is 32.4. The van der Waals surface area contributed by atoms with Crippen LogP contribution in [0.4, 0.5) is 22.7 Å². The van der Waals surface area contributed by atoms with Crippen LogP contribution in [-0.2, 0) is 92.3 Å². The van der Waals surface area contributed by atoms with E-state index in [2.05, 4.69) is 0 Å². The number of ketones is 4. The predicted molar refractivity (Wildman–Crippen MR) is 535 cm³/mol. The molecule has 6 fully saturated rings. The maximum Gasteiger partial charge on any atom is 0.237 e. The topological polar surface area (TPSA) is 394 Å². The van der Waals surface area contributed by atoms with Crippen LogP contribution < -0.4 is 19.6 Å². The molecular formula is C114H122N6O21. The van der Waals surface area contributed by atoms with Crippen LogP contribution in [-0.4, -0.2) is 129 Å².